The van der Waals surface area contributed by atoms with Crippen LogP contribution in [0.3, 0.4) is 0 Å². The first-order chi connectivity index (χ1) is 11.0. The number of piperidine rings is 1. The van der Waals surface area contributed by atoms with Gasteiger partial charge >= 0.3 is 0 Å². The van der Waals surface area contributed by atoms with Crippen LogP contribution in [-0.4, -0.2) is 41.6 Å². The summed E-state index contributed by atoms with van der Waals surface area (Å²) in [7, 11) is 2.13. The van der Waals surface area contributed by atoms with Gasteiger partial charge < -0.3 is 14.8 Å². The molecule has 1 N–H and O–H groups in total. The molecule has 0 saturated carbocycles. The average molecular weight is 378 g/mol. The Kier molecular flexibility index (Phi) is 4.78. The molecule has 0 spiro atoms. The Morgan fingerprint density at radius 3 is 2.65 bits per heavy atom. The van der Waals surface area contributed by atoms with E-state index < -0.39 is 0 Å². The lowest BCUT2D eigenvalue weighted by Crippen LogP contribution is -2.43. The fraction of sp³-hybridized carbons (Fsp3) is 0.500. The molecule has 1 aromatic carbocycles. The maximum absolute atomic E-state index is 12.8. The first-order valence-electron chi connectivity index (χ1n) is 8.25. The summed E-state index contributed by atoms with van der Waals surface area (Å²) < 4.78 is 3.20. The molecule has 1 fully saturated rings. The maximum atomic E-state index is 12.8. The monoisotopic (exact) mass is 377 g/mol. The van der Waals surface area contributed by atoms with Gasteiger partial charge in [-0.2, -0.15) is 0 Å². The fourth-order valence-corrected chi connectivity index (χ4v) is 3.60. The largest absolute Gasteiger partial charge is 0.349 e. The minimum atomic E-state index is 0.0475. The zero-order chi connectivity index (χ0) is 16.6. The third-order valence-electron chi connectivity index (χ3n) is 4.65. The van der Waals surface area contributed by atoms with Crippen LogP contribution in [0.5, 0.6) is 0 Å². The second kappa shape index (κ2) is 6.65. The maximum Gasteiger partial charge on any atom is 0.253 e. The van der Waals surface area contributed by atoms with E-state index in [1.807, 2.05) is 18.3 Å². The van der Waals surface area contributed by atoms with Gasteiger partial charge in [-0.1, -0.05) is 22.0 Å². The van der Waals surface area contributed by atoms with E-state index in [1.165, 1.54) is 0 Å². The van der Waals surface area contributed by atoms with Crippen molar-refractivity contribution in [2.24, 2.45) is 0 Å². The molecule has 1 amide bonds. The topological polar surface area (TPSA) is 37.3 Å². The fourth-order valence-electron chi connectivity index (χ4n) is 3.25. The normalized spacial score (nSPS) is 17.1. The van der Waals surface area contributed by atoms with Gasteiger partial charge in [0.2, 0.25) is 0 Å². The number of likely N-dealkylation sites (tertiary alicyclic amines) is 1. The summed E-state index contributed by atoms with van der Waals surface area (Å²) >= 11 is 3.53. The van der Waals surface area contributed by atoms with Crippen LogP contribution < -0.4 is 5.32 Å². The molecule has 3 rings (SSSR count). The molecule has 2 heterocycles. The highest BCUT2D eigenvalue weighted by molar-refractivity contribution is 9.10. The molecule has 2 aromatic rings. The van der Waals surface area contributed by atoms with Crippen LogP contribution in [0.25, 0.3) is 10.9 Å². The summed E-state index contributed by atoms with van der Waals surface area (Å²) in [6, 6.07) is 6.71. The van der Waals surface area contributed by atoms with Gasteiger partial charge in [0.05, 0.1) is 11.1 Å². The third kappa shape index (κ3) is 3.45. The number of hydrogen-bond acceptors (Lipinski definition) is 2. The molecule has 0 radical (unpaired) electrons. The van der Waals surface area contributed by atoms with Gasteiger partial charge in [-0.15, -0.1) is 0 Å². The van der Waals surface area contributed by atoms with E-state index in [9.17, 15) is 4.79 Å². The van der Waals surface area contributed by atoms with Crippen molar-refractivity contribution in [2.45, 2.75) is 38.8 Å². The van der Waals surface area contributed by atoms with Crippen LogP contribution in [-0.2, 0) is 0 Å². The summed E-state index contributed by atoms with van der Waals surface area (Å²) in [5.41, 5.74) is 1.88. The Morgan fingerprint density at radius 2 is 2.00 bits per heavy atom. The molecule has 0 unspecified atom stereocenters. The highest BCUT2D eigenvalue weighted by atomic mass is 79.9. The minimum Gasteiger partial charge on any atom is -0.349 e. The van der Waals surface area contributed by atoms with Crippen LogP contribution in [0.2, 0.25) is 0 Å². The van der Waals surface area contributed by atoms with E-state index in [4.69, 9.17) is 0 Å². The molecule has 0 atom stereocenters. The van der Waals surface area contributed by atoms with Gasteiger partial charge in [-0.05, 0) is 59.0 Å². The molecule has 0 aliphatic carbocycles. The highest BCUT2D eigenvalue weighted by Gasteiger charge is 2.22. The van der Waals surface area contributed by atoms with E-state index in [0.29, 0.717) is 6.04 Å². The number of benzene rings is 1. The zero-order valence-electron chi connectivity index (χ0n) is 14.0. The van der Waals surface area contributed by atoms with Crippen molar-refractivity contribution in [1.29, 1.82) is 0 Å². The Hall–Kier alpha value is -1.33. The second-order valence-corrected chi connectivity index (χ2v) is 7.67. The summed E-state index contributed by atoms with van der Waals surface area (Å²) in [5, 5.41) is 4.24. The number of halogens is 1. The zero-order valence-corrected chi connectivity index (χ0v) is 15.6. The second-order valence-electron chi connectivity index (χ2n) is 6.76. The molecular weight excluding hydrogens is 354 g/mol. The lowest BCUT2D eigenvalue weighted by molar-refractivity contribution is 0.0918. The predicted octanol–water partition coefficient (Wildman–Crippen LogP) is 3.81. The molecule has 1 saturated heterocycles. The number of nitrogens with zero attached hydrogens (tertiary/aromatic N) is 2. The number of carbonyl (C=O) groups is 1. The smallest absolute Gasteiger partial charge is 0.253 e. The molecule has 4 nitrogen and oxygen atoms in total. The van der Waals surface area contributed by atoms with Crippen molar-refractivity contribution in [3.05, 3.63) is 34.4 Å². The standard InChI is InChI=1S/C18H24BrN3O/c1-12(2)22-11-16(15-5-4-13(19)10-17(15)22)18(23)20-14-6-8-21(3)9-7-14/h4-5,10-12,14H,6-9H2,1-3H3,(H,20,23). The van der Waals surface area contributed by atoms with E-state index in [1.54, 1.807) is 0 Å². The Bertz CT molecular complexity index is 714. The molecule has 124 valence electrons. The first kappa shape index (κ1) is 16.5. The van der Waals surface area contributed by atoms with Crippen LogP contribution in [0, 0.1) is 0 Å². The first-order valence-corrected chi connectivity index (χ1v) is 9.04. The number of fused-ring (bicyclic) bond motifs is 1. The number of amides is 1. The SMILES string of the molecule is CC(C)n1cc(C(=O)NC2CCN(C)CC2)c2ccc(Br)cc21. The van der Waals surface area contributed by atoms with Crippen molar-refractivity contribution in [1.82, 2.24) is 14.8 Å². The molecular formula is C18H24BrN3O. The van der Waals surface area contributed by atoms with Crippen LogP contribution in [0.4, 0.5) is 0 Å². The summed E-state index contributed by atoms with van der Waals surface area (Å²) in [5.74, 6) is 0.0475. The van der Waals surface area contributed by atoms with Crippen molar-refractivity contribution < 1.29 is 4.79 Å². The highest BCUT2D eigenvalue weighted by Crippen LogP contribution is 2.28. The lowest BCUT2D eigenvalue weighted by atomic mass is 10.0. The third-order valence-corrected chi connectivity index (χ3v) is 5.14. The average Bonchev–Trinajstić information content (AvgIpc) is 2.88. The summed E-state index contributed by atoms with van der Waals surface area (Å²) in [6.07, 6.45) is 4.04. The van der Waals surface area contributed by atoms with Crippen LogP contribution >= 0.6 is 15.9 Å². The van der Waals surface area contributed by atoms with E-state index in [0.717, 1.165) is 46.9 Å². The van der Waals surface area contributed by atoms with E-state index in [-0.39, 0.29) is 11.9 Å². The van der Waals surface area contributed by atoms with Crippen molar-refractivity contribution in [3.8, 4) is 0 Å². The molecule has 1 aliphatic rings. The summed E-state index contributed by atoms with van der Waals surface area (Å²) in [6.45, 7) is 6.37. The molecule has 5 heteroatoms. The van der Waals surface area contributed by atoms with Crippen LogP contribution in [0.1, 0.15) is 43.1 Å². The number of nitrogens with one attached hydrogen (secondary N) is 1. The Balaban J connectivity index is 1.88. The van der Waals surface area contributed by atoms with Gasteiger partial charge in [-0.25, -0.2) is 0 Å². The van der Waals surface area contributed by atoms with Crippen molar-refractivity contribution >= 4 is 32.7 Å². The summed E-state index contributed by atoms with van der Waals surface area (Å²) in [4.78, 5) is 15.1. The van der Waals surface area contributed by atoms with Gasteiger partial charge in [0.15, 0.2) is 0 Å². The number of hydrogen-bond donors (Lipinski definition) is 1. The molecule has 1 aromatic heterocycles. The van der Waals surface area contributed by atoms with E-state index in [2.05, 4.69) is 57.7 Å². The van der Waals surface area contributed by atoms with Gasteiger partial charge in [0.1, 0.15) is 0 Å². The predicted molar refractivity (Wildman–Crippen MR) is 98.0 cm³/mol. The molecule has 23 heavy (non-hydrogen) atoms. The van der Waals surface area contributed by atoms with Crippen LogP contribution in [0.15, 0.2) is 28.9 Å². The number of rotatable bonds is 3. The van der Waals surface area contributed by atoms with Crippen molar-refractivity contribution in [3.63, 3.8) is 0 Å². The van der Waals surface area contributed by atoms with E-state index >= 15 is 0 Å². The number of carbonyl (C=O) groups excluding carboxylic acids is 1. The quantitative estimate of drug-likeness (QED) is 0.882. The minimum absolute atomic E-state index is 0.0475. The van der Waals surface area contributed by atoms with Gasteiger partial charge in [-0.3, -0.25) is 4.79 Å². The number of aromatic nitrogens is 1. The Morgan fingerprint density at radius 1 is 1.30 bits per heavy atom. The molecule has 1 aliphatic heterocycles. The lowest BCUT2D eigenvalue weighted by Gasteiger charge is -2.29. The van der Waals surface area contributed by atoms with Gasteiger partial charge in [0, 0.05) is 28.1 Å². The Labute approximate surface area is 146 Å². The van der Waals surface area contributed by atoms with Gasteiger partial charge in [0.25, 0.3) is 5.91 Å². The van der Waals surface area contributed by atoms with Crippen molar-refractivity contribution in [2.75, 3.05) is 20.1 Å². The molecule has 0 bridgehead atoms.